The number of piperazine rings is 1. The lowest BCUT2D eigenvalue weighted by atomic mass is 10.1. The van der Waals surface area contributed by atoms with Crippen molar-refractivity contribution in [1.29, 1.82) is 0 Å². The van der Waals surface area contributed by atoms with Gasteiger partial charge in [0, 0.05) is 13.7 Å². The highest BCUT2D eigenvalue weighted by molar-refractivity contribution is 5.94. The zero-order valence-corrected chi connectivity index (χ0v) is 10.3. The highest BCUT2D eigenvalue weighted by Crippen LogP contribution is 2.09. The second kappa shape index (κ2) is 5.64. The maximum absolute atomic E-state index is 12.1. The Kier molecular flexibility index (Phi) is 3.94. The van der Waals surface area contributed by atoms with Crippen LogP contribution in [0.25, 0.3) is 0 Å². The van der Waals surface area contributed by atoms with Gasteiger partial charge >= 0.3 is 0 Å². The molecular weight excluding hydrogens is 232 g/mol. The van der Waals surface area contributed by atoms with Crippen LogP contribution < -0.4 is 5.32 Å². The fourth-order valence-electron chi connectivity index (χ4n) is 1.99. The third-order valence-corrected chi connectivity index (χ3v) is 2.83. The van der Waals surface area contributed by atoms with Crippen LogP contribution in [-0.2, 0) is 20.9 Å². The minimum atomic E-state index is -0.569. The second-order valence-corrected chi connectivity index (χ2v) is 4.26. The molecule has 0 aromatic heterocycles. The molecule has 2 amide bonds. The molecule has 1 fully saturated rings. The number of amides is 2. The Morgan fingerprint density at radius 1 is 1.33 bits per heavy atom. The summed E-state index contributed by atoms with van der Waals surface area (Å²) in [7, 11) is 1.51. The first-order chi connectivity index (χ1) is 8.70. The summed E-state index contributed by atoms with van der Waals surface area (Å²) in [5.74, 6) is -0.243. The summed E-state index contributed by atoms with van der Waals surface area (Å²) in [5, 5.41) is 2.63. The number of carbonyl (C=O) groups excluding carboxylic acids is 2. The van der Waals surface area contributed by atoms with Crippen LogP contribution >= 0.6 is 0 Å². The molecule has 0 unspecified atom stereocenters. The molecule has 2 rings (SSSR count). The molecule has 5 heteroatoms. The molecule has 0 spiro atoms. The van der Waals surface area contributed by atoms with Crippen LogP contribution in [0.1, 0.15) is 5.56 Å². The number of nitrogens with zero attached hydrogens (tertiary/aromatic N) is 1. The molecule has 0 aliphatic carbocycles. The van der Waals surface area contributed by atoms with Crippen molar-refractivity contribution in [2.24, 2.45) is 0 Å². The Balaban J connectivity index is 2.07. The number of carbonyl (C=O) groups is 2. The van der Waals surface area contributed by atoms with E-state index < -0.39 is 6.04 Å². The molecule has 0 radical (unpaired) electrons. The van der Waals surface area contributed by atoms with E-state index in [1.54, 1.807) is 4.90 Å². The Hall–Kier alpha value is -1.88. The quantitative estimate of drug-likeness (QED) is 0.825. The Bertz CT molecular complexity index is 433. The summed E-state index contributed by atoms with van der Waals surface area (Å²) in [6.07, 6.45) is 0. The number of hydrogen-bond donors (Lipinski definition) is 1. The highest BCUT2D eigenvalue weighted by Gasteiger charge is 2.32. The first-order valence-corrected chi connectivity index (χ1v) is 5.81. The highest BCUT2D eigenvalue weighted by atomic mass is 16.5. The maximum atomic E-state index is 12.1. The minimum Gasteiger partial charge on any atom is -0.382 e. The predicted molar refractivity (Wildman–Crippen MR) is 65.7 cm³/mol. The van der Waals surface area contributed by atoms with Gasteiger partial charge < -0.3 is 15.0 Å². The van der Waals surface area contributed by atoms with Crippen LogP contribution in [0.5, 0.6) is 0 Å². The van der Waals surface area contributed by atoms with Crippen molar-refractivity contribution in [3.8, 4) is 0 Å². The monoisotopic (exact) mass is 248 g/mol. The van der Waals surface area contributed by atoms with Crippen molar-refractivity contribution in [3.63, 3.8) is 0 Å². The van der Waals surface area contributed by atoms with Gasteiger partial charge in [0.2, 0.25) is 11.8 Å². The van der Waals surface area contributed by atoms with Crippen molar-refractivity contribution >= 4 is 11.8 Å². The first-order valence-electron chi connectivity index (χ1n) is 5.81. The average Bonchev–Trinajstić information content (AvgIpc) is 2.36. The van der Waals surface area contributed by atoms with Gasteiger partial charge in [-0.2, -0.15) is 0 Å². The van der Waals surface area contributed by atoms with Crippen LogP contribution in [0.2, 0.25) is 0 Å². The van der Waals surface area contributed by atoms with E-state index in [2.05, 4.69) is 5.32 Å². The van der Waals surface area contributed by atoms with Crippen molar-refractivity contribution < 1.29 is 14.3 Å². The zero-order chi connectivity index (χ0) is 13.0. The van der Waals surface area contributed by atoms with E-state index in [0.29, 0.717) is 6.54 Å². The van der Waals surface area contributed by atoms with Gasteiger partial charge in [-0.1, -0.05) is 30.3 Å². The summed E-state index contributed by atoms with van der Waals surface area (Å²) in [6.45, 7) is 0.761. The number of hydrogen-bond acceptors (Lipinski definition) is 3. The molecular formula is C13H16N2O3. The second-order valence-electron chi connectivity index (χ2n) is 4.26. The van der Waals surface area contributed by atoms with Gasteiger partial charge in [0.25, 0.3) is 0 Å². The third kappa shape index (κ3) is 2.87. The van der Waals surface area contributed by atoms with Gasteiger partial charge in [-0.15, -0.1) is 0 Å². The van der Waals surface area contributed by atoms with Crippen LogP contribution in [0.15, 0.2) is 30.3 Å². The van der Waals surface area contributed by atoms with Crippen molar-refractivity contribution in [3.05, 3.63) is 35.9 Å². The van der Waals surface area contributed by atoms with Gasteiger partial charge in [-0.05, 0) is 5.56 Å². The number of benzene rings is 1. The van der Waals surface area contributed by atoms with Gasteiger partial charge in [-0.25, -0.2) is 0 Å². The number of methoxy groups -OCH3 is 1. The van der Waals surface area contributed by atoms with E-state index in [9.17, 15) is 9.59 Å². The lowest BCUT2D eigenvalue weighted by Crippen LogP contribution is -2.59. The van der Waals surface area contributed by atoms with Gasteiger partial charge in [0.05, 0.1) is 13.2 Å². The van der Waals surface area contributed by atoms with Crippen molar-refractivity contribution in [2.75, 3.05) is 20.3 Å². The summed E-state index contributed by atoms with van der Waals surface area (Å²) in [6, 6.07) is 9.05. The van der Waals surface area contributed by atoms with E-state index >= 15 is 0 Å². The maximum Gasteiger partial charge on any atom is 0.248 e. The lowest BCUT2D eigenvalue weighted by Gasteiger charge is -2.32. The van der Waals surface area contributed by atoms with E-state index in [1.807, 2.05) is 30.3 Å². The van der Waals surface area contributed by atoms with E-state index in [1.165, 1.54) is 7.11 Å². The number of ether oxygens (including phenoxy) is 1. The normalized spacial score (nSPS) is 19.8. The molecule has 1 aromatic carbocycles. The largest absolute Gasteiger partial charge is 0.382 e. The lowest BCUT2D eigenvalue weighted by molar-refractivity contribution is -0.146. The number of rotatable bonds is 4. The molecule has 18 heavy (non-hydrogen) atoms. The Morgan fingerprint density at radius 3 is 2.72 bits per heavy atom. The van der Waals surface area contributed by atoms with Crippen LogP contribution in [0.3, 0.4) is 0 Å². The molecule has 1 aliphatic heterocycles. The number of nitrogens with one attached hydrogen (secondary N) is 1. The topological polar surface area (TPSA) is 58.6 Å². The molecule has 1 saturated heterocycles. The smallest absolute Gasteiger partial charge is 0.248 e. The van der Waals surface area contributed by atoms with Gasteiger partial charge in [-0.3, -0.25) is 9.59 Å². The molecule has 1 heterocycles. The molecule has 1 aromatic rings. The van der Waals surface area contributed by atoms with Gasteiger partial charge in [0.1, 0.15) is 6.04 Å². The van der Waals surface area contributed by atoms with Crippen LogP contribution in [0, 0.1) is 0 Å². The van der Waals surface area contributed by atoms with Crippen LogP contribution in [-0.4, -0.2) is 43.0 Å². The molecule has 0 bridgehead atoms. The minimum absolute atomic E-state index is 0.0969. The fourth-order valence-corrected chi connectivity index (χ4v) is 1.99. The fraction of sp³-hybridized carbons (Fsp3) is 0.385. The zero-order valence-electron chi connectivity index (χ0n) is 10.3. The third-order valence-electron chi connectivity index (χ3n) is 2.83. The molecule has 5 nitrogen and oxygen atoms in total. The summed E-state index contributed by atoms with van der Waals surface area (Å²) in [4.78, 5) is 25.2. The molecule has 1 N–H and O–H groups in total. The summed E-state index contributed by atoms with van der Waals surface area (Å²) >= 11 is 0. The van der Waals surface area contributed by atoms with E-state index in [0.717, 1.165) is 5.56 Å². The molecule has 0 saturated carbocycles. The Labute approximate surface area is 106 Å². The van der Waals surface area contributed by atoms with E-state index in [-0.39, 0.29) is 25.0 Å². The standard InChI is InChI=1S/C13H16N2O3/c1-18-9-11-13(17)15(8-12(16)14-11)7-10-5-3-2-4-6-10/h2-6,11H,7-9H2,1H3,(H,14,16)/t11-/m0/s1. The average molecular weight is 248 g/mol. The Morgan fingerprint density at radius 2 is 2.06 bits per heavy atom. The predicted octanol–water partition coefficient (Wildman–Crippen LogP) is 0.160. The molecule has 96 valence electrons. The summed E-state index contributed by atoms with van der Waals surface area (Å²) in [5.41, 5.74) is 1.01. The van der Waals surface area contributed by atoms with Crippen LogP contribution in [0.4, 0.5) is 0 Å². The van der Waals surface area contributed by atoms with Crippen molar-refractivity contribution in [1.82, 2.24) is 10.2 Å². The summed E-state index contributed by atoms with van der Waals surface area (Å²) < 4.78 is 4.94. The van der Waals surface area contributed by atoms with Gasteiger partial charge in [0.15, 0.2) is 0 Å². The van der Waals surface area contributed by atoms with Crippen molar-refractivity contribution in [2.45, 2.75) is 12.6 Å². The SMILES string of the molecule is COC[C@@H]1NC(=O)CN(Cc2ccccc2)C1=O. The first kappa shape index (κ1) is 12.6. The van der Waals surface area contributed by atoms with E-state index in [4.69, 9.17) is 4.74 Å². The molecule has 1 atom stereocenters. The molecule has 1 aliphatic rings.